The lowest BCUT2D eigenvalue weighted by Gasteiger charge is -2.15. The van der Waals surface area contributed by atoms with Gasteiger partial charge >= 0.3 is 0 Å². The van der Waals surface area contributed by atoms with E-state index in [0.29, 0.717) is 16.0 Å². The quantitative estimate of drug-likeness (QED) is 0.791. The van der Waals surface area contributed by atoms with Crippen molar-refractivity contribution in [2.45, 2.75) is 13.0 Å². The summed E-state index contributed by atoms with van der Waals surface area (Å²) in [5, 5.41) is 5.13. The summed E-state index contributed by atoms with van der Waals surface area (Å²) in [6, 6.07) is 7.73. The minimum Gasteiger partial charge on any atom is -0.497 e. The second-order valence-electron chi connectivity index (χ2n) is 4.63. The van der Waals surface area contributed by atoms with Gasteiger partial charge < -0.3 is 10.1 Å². The number of hydrogen-bond acceptors (Lipinski definition) is 5. The van der Waals surface area contributed by atoms with Crippen molar-refractivity contribution in [1.82, 2.24) is 9.97 Å². The highest BCUT2D eigenvalue weighted by atomic mass is 32.1. The molecule has 6 heteroatoms. The van der Waals surface area contributed by atoms with Crippen LogP contribution < -0.4 is 10.1 Å². The summed E-state index contributed by atoms with van der Waals surface area (Å²) >= 11 is 1.27. The Morgan fingerprint density at radius 1 is 1.24 bits per heavy atom. The summed E-state index contributed by atoms with van der Waals surface area (Å²) in [7, 11) is 1.63. The van der Waals surface area contributed by atoms with Gasteiger partial charge in [-0.05, 0) is 24.6 Å². The van der Waals surface area contributed by atoms with E-state index in [1.54, 1.807) is 7.11 Å². The Bertz CT molecular complexity index is 757. The fourth-order valence-electron chi connectivity index (χ4n) is 2.13. The van der Waals surface area contributed by atoms with Crippen LogP contribution in [0.5, 0.6) is 5.75 Å². The Hall–Kier alpha value is -2.21. The molecular weight excluding hydrogens is 289 g/mol. The average Bonchev–Trinajstić information content (AvgIpc) is 2.90. The number of rotatable bonds is 4. The molecule has 0 aliphatic carbocycles. The summed E-state index contributed by atoms with van der Waals surface area (Å²) in [6.07, 6.45) is 1.45. The van der Waals surface area contributed by atoms with Gasteiger partial charge in [0.1, 0.15) is 28.5 Å². The molecule has 0 aliphatic rings. The van der Waals surface area contributed by atoms with Gasteiger partial charge in [-0.25, -0.2) is 14.4 Å². The molecule has 21 heavy (non-hydrogen) atoms. The normalized spacial score (nSPS) is 12.3. The molecule has 3 aromatic rings. The standard InChI is InChI=1S/C15H14FN3OS/c1-9(10-3-5-11(20-2)6-4-10)19-14-13-12(16)7-21-15(13)18-8-17-14/h3-9H,1-2H3,(H,17,18,19). The van der Waals surface area contributed by atoms with Crippen LogP contribution in [0.2, 0.25) is 0 Å². The van der Waals surface area contributed by atoms with Crippen LogP contribution in [0.4, 0.5) is 10.2 Å². The largest absolute Gasteiger partial charge is 0.497 e. The van der Waals surface area contributed by atoms with Gasteiger partial charge in [-0.3, -0.25) is 0 Å². The summed E-state index contributed by atoms with van der Waals surface area (Å²) < 4.78 is 19.0. The highest BCUT2D eigenvalue weighted by molar-refractivity contribution is 7.16. The molecule has 3 rings (SSSR count). The number of anilines is 1. The predicted octanol–water partition coefficient (Wildman–Crippen LogP) is 4.01. The summed E-state index contributed by atoms with van der Waals surface area (Å²) in [5.41, 5.74) is 1.07. The van der Waals surface area contributed by atoms with Gasteiger partial charge in [0.2, 0.25) is 0 Å². The second kappa shape index (κ2) is 5.65. The van der Waals surface area contributed by atoms with E-state index in [4.69, 9.17) is 4.74 Å². The van der Waals surface area contributed by atoms with E-state index in [2.05, 4.69) is 15.3 Å². The third kappa shape index (κ3) is 2.67. The molecule has 1 unspecified atom stereocenters. The number of nitrogens with one attached hydrogen (secondary N) is 1. The molecule has 108 valence electrons. The number of nitrogens with zero attached hydrogens (tertiary/aromatic N) is 2. The molecule has 4 nitrogen and oxygen atoms in total. The highest BCUT2D eigenvalue weighted by Crippen LogP contribution is 2.30. The summed E-state index contributed by atoms with van der Waals surface area (Å²) in [6.45, 7) is 2.00. The molecule has 2 heterocycles. The van der Waals surface area contributed by atoms with Gasteiger partial charge in [0.05, 0.1) is 12.5 Å². The van der Waals surface area contributed by atoms with Crippen LogP contribution in [0, 0.1) is 5.82 Å². The van der Waals surface area contributed by atoms with Gasteiger partial charge in [0.25, 0.3) is 0 Å². The molecule has 0 radical (unpaired) electrons. The number of halogens is 1. The van der Waals surface area contributed by atoms with Gasteiger partial charge in [-0.1, -0.05) is 12.1 Å². The molecule has 1 atom stereocenters. The molecule has 0 spiro atoms. The SMILES string of the molecule is COc1ccc(C(C)Nc2ncnc3scc(F)c23)cc1. The van der Waals surface area contributed by atoms with E-state index >= 15 is 0 Å². The van der Waals surface area contributed by atoms with Gasteiger partial charge in [-0.2, -0.15) is 0 Å². The highest BCUT2D eigenvalue weighted by Gasteiger charge is 2.14. The number of methoxy groups -OCH3 is 1. The third-order valence-electron chi connectivity index (χ3n) is 3.29. The maximum atomic E-state index is 13.8. The van der Waals surface area contributed by atoms with Crippen molar-refractivity contribution in [2.75, 3.05) is 12.4 Å². The molecular formula is C15H14FN3OS. The Morgan fingerprint density at radius 2 is 2.00 bits per heavy atom. The van der Waals surface area contributed by atoms with Gasteiger partial charge in [0, 0.05) is 11.4 Å². The Labute approximate surface area is 125 Å². The van der Waals surface area contributed by atoms with Crippen LogP contribution in [0.25, 0.3) is 10.2 Å². The number of benzene rings is 1. The minimum absolute atomic E-state index is 0.00620. The molecule has 2 aromatic heterocycles. The van der Waals surface area contributed by atoms with Crippen LogP contribution in [0.15, 0.2) is 36.0 Å². The van der Waals surface area contributed by atoms with E-state index in [9.17, 15) is 4.39 Å². The van der Waals surface area contributed by atoms with Crippen molar-refractivity contribution < 1.29 is 9.13 Å². The lowest BCUT2D eigenvalue weighted by atomic mass is 10.1. The van der Waals surface area contributed by atoms with Crippen molar-refractivity contribution in [3.8, 4) is 5.75 Å². The topological polar surface area (TPSA) is 47.0 Å². The fraction of sp³-hybridized carbons (Fsp3) is 0.200. The zero-order chi connectivity index (χ0) is 14.8. The number of ether oxygens (including phenoxy) is 1. The lowest BCUT2D eigenvalue weighted by molar-refractivity contribution is 0.414. The van der Waals surface area contributed by atoms with E-state index in [0.717, 1.165) is 11.3 Å². The molecule has 0 fully saturated rings. The number of thiophene rings is 1. The first-order valence-corrected chi connectivity index (χ1v) is 7.35. The zero-order valence-electron chi connectivity index (χ0n) is 11.6. The number of hydrogen-bond donors (Lipinski definition) is 1. The Kier molecular flexibility index (Phi) is 3.70. The molecule has 0 saturated heterocycles. The van der Waals surface area contributed by atoms with Gasteiger partial charge in [-0.15, -0.1) is 11.3 Å². The molecule has 1 N–H and O–H groups in total. The summed E-state index contributed by atoms with van der Waals surface area (Å²) in [5.74, 6) is 1.03. The second-order valence-corrected chi connectivity index (χ2v) is 5.48. The average molecular weight is 303 g/mol. The first kappa shape index (κ1) is 13.8. The van der Waals surface area contributed by atoms with Crippen molar-refractivity contribution in [3.63, 3.8) is 0 Å². The first-order valence-electron chi connectivity index (χ1n) is 6.47. The van der Waals surface area contributed by atoms with Crippen LogP contribution in [-0.2, 0) is 0 Å². The van der Waals surface area contributed by atoms with Crippen LogP contribution in [-0.4, -0.2) is 17.1 Å². The number of aromatic nitrogens is 2. The lowest BCUT2D eigenvalue weighted by Crippen LogP contribution is -2.08. The third-order valence-corrected chi connectivity index (χ3v) is 4.15. The van der Waals surface area contributed by atoms with Crippen LogP contribution in [0.3, 0.4) is 0 Å². The van der Waals surface area contributed by atoms with E-state index < -0.39 is 0 Å². The molecule has 0 bridgehead atoms. The monoisotopic (exact) mass is 303 g/mol. The number of fused-ring (bicyclic) bond motifs is 1. The predicted molar refractivity (Wildman–Crippen MR) is 82.4 cm³/mol. The Balaban J connectivity index is 1.88. The van der Waals surface area contributed by atoms with Crippen molar-refractivity contribution in [3.05, 3.63) is 47.4 Å². The molecule has 0 saturated carbocycles. The first-order chi connectivity index (χ1) is 10.2. The zero-order valence-corrected chi connectivity index (χ0v) is 12.4. The maximum Gasteiger partial charge on any atom is 0.147 e. The van der Waals surface area contributed by atoms with E-state index in [-0.39, 0.29) is 11.9 Å². The van der Waals surface area contributed by atoms with Crippen molar-refractivity contribution in [1.29, 1.82) is 0 Å². The molecule has 0 amide bonds. The Morgan fingerprint density at radius 3 is 2.71 bits per heavy atom. The molecule has 1 aromatic carbocycles. The smallest absolute Gasteiger partial charge is 0.147 e. The maximum absolute atomic E-state index is 13.8. The van der Waals surface area contributed by atoms with E-state index in [1.165, 1.54) is 23.0 Å². The fourth-order valence-corrected chi connectivity index (χ4v) is 2.88. The van der Waals surface area contributed by atoms with Crippen molar-refractivity contribution in [2.24, 2.45) is 0 Å². The summed E-state index contributed by atoms with van der Waals surface area (Å²) in [4.78, 5) is 8.88. The van der Waals surface area contributed by atoms with Crippen LogP contribution in [0.1, 0.15) is 18.5 Å². The van der Waals surface area contributed by atoms with Crippen molar-refractivity contribution >= 4 is 27.4 Å². The van der Waals surface area contributed by atoms with E-state index in [1.807, 2.05) is 31.2 Å². The minimum atomic E-state index is -0.292. The van der Waals surface area contributed by atoms with Gasteiger partial charge in [0.15, 0.2) is 0 Å². The van der Waals surface area contributed by atoms with Crippen LogP contribution >= 0.6 is 11.3 Å². The molecule has 0 aliphatic heterocycles.